The van der Waals surface area contributed by atoms with E-state index in [9.17, 15) is 20.0 Å². The van der Waals surface area contributed by atoms with Crippen LogP contribution in [0.3, 0.4) is 0 Å². The lowest BCUT2D eigenvalue weighted by atomic mass is 10.0. The van der Waals surface area contributed by atoms with Crippen LogP contribution in [0.15, 0.2) is 39.9 Å². The maximum atomic E-state index is 12.0. The fraction of sp³-hybridized carbons (Fsp3) is 0.263. The van der Waals surface area contributed by atoms with Gasteiger partial charge < -0.3 is 9.84 Å². The second-order valence-corrected chi connectivity index (χ2v) is 7.24. The van der Waals surface area contributed by atoms with Gasteiger partial charge in [-0.25, -0.2) is 5.43 Å². The summed E-state index contributed by atoms with van der Waals surface area (Å²) in [5.41, 5.74) is 4.19. The van der Waals surface area contributed by atoms with Crippen molar-refractivity contribution in [2.45, 2.75) is 26.7 Å². The monoisotopic (exact) mass is 449 g/mol. The summed E-state index contributed by atoms with van der Waals surface area (Å²) in [6.45, 7) is 5.77. The van der Waals surface area contributed by atoms with E-state index in [0.29, 0.717) is 11.3 Å². The molecule has 0 aliphatic carbocycles. The summed E-state index contributed by atoms with van der Waals surface area (Å²) in [6, 6.07) is 7.62. The quantitative estimate of drug-likeness (QED) is 0.376. The van der Waals surface area contributed by atoms with Crippen molar-refractivity contribution in [3.63, 3.8) is 0 Å². The molecule has 0 saturated heterocycles. The Bertz CT molecular complexity index is 928. The summed E-state index contributed by atoms with van der Waals surface area (Å²) in [6.07, 6.45) is 1.24. The molecule has 0 atom stereocenters. The largest absolute Gasteiger partial charge is 0.502 e. The maximum absolute atomic E-state index is 12.0. The maximum Gasteiger partial charge on any atom is 0.311 e. The molecule has 0 aliphatic heterocycles. The van der Waals surface area contributed by atoms with Gasteiger partial charge in [0.05, 0.1) is 11.1 Å². The Morgan fingerprint density at radius 3 is 2.75 bits per heavy atom. The molecular weight excluding hydrogens is 430 g/mol. The molecule has 28 heavy (non-hydrogen) atoms. The lowest BCUT2D eigenvalue weighted by molar-refractivity contribution is -0.385. The topological polar surface area (TPSA) is 114 Å². The number of aromatic hydroxyl groups is 1. The van der Waals surface area contributed by atoms with Gasteiger partial charge in [-0.15, -0.1) is 0 Å². The number of nitro groups is 1. The van der Waals surface area contributed by atoms with E-state index in [-0.39, 0.29) is 12.5 Å². The Hall–Kier alpha value is -2.94. The lowest BCUT2D eigenvalue weighted by Gasteiger charge is -2.15. The van der Waals surface area contributed by atoms with Crippen molar-refractivity contribution in [2.24, 2.45) is 5.10 Å². The van der Waals surface area contributed by atoms with Crippen molar-refractivity contribution >= 4 is 33.7 Å². The van der Waals surface area contributed by atoms with Crippen LogP contribution in [-0.2, 0) is 4.79 Å². The molecule has 2 aromatic carbocycles. The van der Waals surface area contributed by atoms with Gasteiger partial charge in [0.15, 0.2) is 12.4 Å². The number of rotatable bonds is 7. The Labute approximate surface area is 170 Å². The van der Waals surface area contributed by atoms with E-state index in [4.69, 9.17) is 4.74 Å². The van der Waals surface area contributed by atoms with Crippen molar-refractivity contribution in [3.8, 4) is 11.5 Å². The summed E-state index contributed by atoms with van der Waals surface area (Å²) in [4.78, 5) is 22.1. The molecule has 8 nitrogen and oxygen atoms in total. The van der Waals surface area contributed by atoms with Gasteiger partial charge in [-0.05, 0) is 48.2 Å². The molecule has 0 heterocycles. The molecule has 9 heteroatoms. The number of hydrogen-bond donors (Lipinski definition) is 2. The number of benzene rings is 2. The summed E-state index contributed by atoms with van der Waals surface area (Å²) in [7, 11) is 0. The Balaban J connectivity index is 1.99. The molecule has 0 fully saturated rings. The van der Waals surface area contributed by atoms with Crippen LogP contribution in [0.5, 0.6) is 11.5 Å². The van der Waals surface area contributed by atoms with Gasteiger partial charge in [0.1, 0.15) is 5.75 Å². The molecule has 0 aliphatic rings. The van der Waals surface area contributed by atoms with Gasteiger partial charge in [0, 0.05) is 16.1 Å². The van der Waals surface area contributed by atoms with Crippen LogP contribution in [-0.4, -0.2) is 28.8 Å². The number of hydrogen-bond acceptors (Lipinski definition) is 6. The number of phenolic OH excluding ortho intramolecular Hbond substituents is 1. The highest BCUT2D eigenvalue weighted by Crippen LogP contribution is 2.32. The molecule has 0 unspecified atom stereocenters. The third-order valence-electron chi connectivity index (χ3n) is 3.87. The first-order valence-corrected chi connectivity index (χ1v) is 9.20. The molecule has 0 bridgehead atoms. The van der Waals surface area contributed by atoms with E-state index >= 15 is 0 Å². The molecule has 148 valence electrons. The summed E-state index contributed by atoms with van der Waals surface area (Å²) < 4.78 is 6.61. The lowest BCUT2D eigenvalue weighted by Crippen LogP contribution is -2.25. The Morgan fingerprint density at radius 2 is 2.11 bits per heavy atom. The molecule has 1 amide bonds. The van der Waals surface area contributed by atoms with E-state index < -0.39 is 22.3 Å². The second kappa shape index (κ2) is 9.32. The van der Waals surface area contributed by atoms with Crippen LogP contribution in [0, 0.1) is 17.0 Å². The minimum Gasteiger partial charge on any atom is -0.502 e. The Morgan fingerprint density at radius 1 is 1.39 bits per heavy atom. The predicted octanol–water partition coefficient (Wildman–Crippen LogP) is 4.02. The summed E-state index contributed by atoms with van der Waals surface area (Å²) >= 11 is 3.49. The smallest absolute Gasteiger partial charge is 0.311 e. The van der Waals surface area contributed by atoms with Crippen LogP contribution in [0.4, 0.5) is 5.69 Å². The number of amides is 1. The third-order valence-corrected chi connectivity index (χ3v) is 4.73. The number of phenols is 1. The zero-order valence-electron chi connectivity index (χ0n) is 15.6. The minimum absolute atomic E-state index is 0.221. The van der Waals surface area contributed by atoms with Crippen LogP contribution >= 0.6 is 15.9 Å². The van der Waals surface area contributed by atoms with E-state index in [1.54, 1.807) is 0 Å². The van der Waals surface area contributed by atoms with E-state index in [1.165, 1.54) is 18.3 Å². The predicted molar refractivity (Wildman–Crippen MR) is 109 cm³/mol. The average molecular weight is 450 g/mol. The van der Waals surface area contributed by atoms with E-state index in [1.807, 2.05) is 32.9 Å². The number of hydrazone groups is 1. The van der Waals surface area contributed by atoms with Crippen molar-refractivity contribution in [1.29, 1.82) is 0 Å². The highest BCUT2D eigenvalue weighted by molar-refractivity contribution is 9.10. The number of carbonyl (C=O) groups excluding carboxylic acids is 1. The molecule has 0 spiro atoms. The number of aryl methyl sites for hydroxylation is 1. The number of halogens is 1. The molecule has 0 radical (unpaired) electrons. The first-order valence-electron chi connectivity index (χ1n) is 8.41. The second-order valence-electron chi connectivity index (χ2n) is 6.38. The van der Waals surface area contributed by atoms with Gasteiger partial charge in [0.25, 0.3) is 5.91 Å². The highest BCUT2D eigenvalue weighted by atomic mass is 79.9. The molecule has 0 saturated carbocycles. The zero-order valence-corrected chi connectivity index (χ0v) is 17.2. The van der Waals surface area contributed by atoms with Crippen LogP contribution in [0.25, 0.3) is 0 Å². The molecule has 2 N–H and O–H groups in total. The number of nitrogens with zero attached hydrogens (tertiary/aromatic N) is 2. The molecule has 2 aromatic rings. The first kappa shape index (κ1) is 21.4. The van der Waals surface area contributed by atoms with Crippen molar-refractivity contribution in [2.75, 3.05) is 6.61 Å². The molecule has 2 rings (SSSR count). The van der Waals surface area contributed by atoms with Crippen molar-refractivity contribution in [3.05, 3.63) is 61.6 Å². The molecule has 0 aromatic heterocycles. The fourth-order valence-electron chi connectivity index (χ4n) is 2.37. The number of carbonyl (C=O) groups is 1. The zero-order chi connectivity index (χ0) is 20.8. The van der Waals surface area contributed by atoms with Gasteiger partial charge in [-0.1, -0.05) is 29.8 Å². The van der Waals surface area contributed by atoms with E-state index in [2.05, 4.69) is 26.5 Å². The van der Waals surface area contributed by atoms with Gasteiger partial charge in [0.2, 0.25) is 0 Å². The number of ether oxygens (including phenoxy) is 1. The van der Waals surface area contributed by atoms with Crippen molar-refractivity contribution < 1.29 is 19.6 Å². The fourth-order valence-corrected chi connectivity index (χ4v) is 2.73. The number of nitrogens with one attached hydrogen (secondary N) is 1. The third kappa shape index (κ3) is 5.53. The van der Waals surface area contributed by atoms with Crippen LogP contribution in [0.2, 0.25) is 0 Å². The number of nitro benzene ring substituents is 1. The van der Waals surface area contributed by atoms with Crippen molar-refractivity contribution in [1.82, 2.24) is 5.43 Å². The van der Waals surface area contributed by atoms with Crippen LogP contribution in [0.1, 0.15) is 36.5 Å². The molecular formula is C19H20BrN3O5. The highest BCUT2D eigenvalue weighted by Gasteiger charge is 2.14. The van der Waals surface area contributed by atoms with Gasteiger partial charge in [-0.2, -0.15) is 5.10 Å². The summed E-state index contributed by atoms with van der Waals surface area (Å²) in [5.74, 6) is -0.0626. The first-order chi connectivity index (χ1) is 13.2. The standard InChI is InChI=1S/C19H20BrN3O5/c1-11(2)14-8-15(20)12(3)6-18(14)28-10-19(25)22-21-9-13-4-5-17(24)16(7-13)23(26)27/h4-9,11,24H,10H2,1-3H3,(H,22,25)/b21-9+. The normalized spacial score (nSPS) is 11.0. The van der Waals surface area contributed by atoms with Gasteiger partial charge >= 0.3 is 5.69 Å². The minimum atomic E-state index is -0.703. The van der Waals surface area contributed by atoms with E-state index in [0.717, 1.165) is 21.7 Å². The van der Waals surface area contributed by atoms with Gasteiger partial charge in [-0.3, -0.25) is 14.9 Å². The van der Waals surface area contributed by atoms with Crippen LogP contribution < -0.4 is 10.2 Å². The Kier molecular flexibility index (Phi) is 7.11. The average Bonchev–Trinajstić information content (AvgIpc) is 2.63. The summed E-state index contributed by atoms with van der Waals surface area (Å²) in [5, 5.41) is 24.0. The SMILES string of the molecule is Cc1cc(OCC(=O)N/N=C/c2ccc(O)c([N+](=O)[O-])c2)c(C(C)C)cc1Br.